The Kier molecular flexibility index (Phi) is 5.59. The van der Waals surface area contributed by atoms with Crippen LogP contribution >= 0.6 is 0 Å². The summed E-state index contributed by atoms with van der Waals surface area (Å²) >= 11 is 0. The standard InChI is InChI=1S/C25H22N4O5/c1-2-33-24(32)16-9-11-17(12-10-16)26-22(30)14-21-23(31)28(15-18-6-5-13-34-18)25-27-19-7-3-4-8-20(19)29(21)25/h3-13,21H,2,14-15H2,1H3,(H,26,30)/t21-/m0/s1. The van der Waals surface area contributed by atoms with E-state index in [2.05, 4.69) is 10.3 Å². The van der Waals surface area contributed by atoms with E-state index >= 15 is 0 Å². The van der Waals surface area contributed by atoms with Gasteiger partial charge in [-0.25, -0.2) is 9.78 Å². The number of hydrogen-bond acceptors (Lipinski definition) is 6. The first-order valence-electron chi connectivity index (χ1n) is 10.9. The monoisotopic (exact) mass is 458 g/mol. The number of esters is 1. The number of ether oxygens (including phenoxy) is 1. The van der Waals surface area contributed by atoms with Gasteiger partial charge in [0.25, 0.3) is 5.91 Å². The van der Waals surface area contributed by atoms with Crippen LogP contribution in [0.25, 0.3) is 11.0 Å². The molecule has 2 amide bonds. The van der Waals surface area contributed by atoms with Gasteiger partial charge in [-0.2, -0.15) is 0 Å². The van der Waals surface area contributed by atoms with Gasteiger partial charge in [0.05, 0.1) is 42.4 Å². The Balaban J connectivity index is 1.37. The van der Waals surface area contributed by atoms with Crippen LogP contribution in [0.15, 0.2) is 71.3 Å². The zero-order valence-electron chi connectivity index (χ0n) is 18.4. The predicted molar refractivity (Wildman–Crippen MR) is 124 cm³/mol. The lowest BCUT2D eigenvalue weighted by Gasteiger charge is -2.15. The van der Waals surface area contributed by atoms with Crippen molar-refractivity contribution in [1.29, 1.82) is 0 Å². The quantitative estimate of drug-likeness (QED) is 0.421. The maximum atomic E-state index is 13.4. The fourth-order valence-corrected chi connectivity index (χ4v) is 4.10. The normalized spacial score (nSPS) is 14.9. The maximum absolute atomic E-state index is 13.4. The number of fused-ring (bicyclic) bond motifs is 3. The van der Waals surface area contributed by atoms with Gasteiger partial charge in [0.1, 0.15) is 11.8 Å². The van der Waals surface area contributed by atoms with Gasteiger partial charge in [-0.1, -0.05) is 12.1 Å². The van der Waals surface area contributed by atoms with E-state index in [0.29, 0.717) is 23.0 Å². The number of carbonyl (C=O) groups is 3. The maximum Gasteiger partial charge on any atom is 0.338 e. The van der Waals surface area contributed by atoms with Crippen molar-refractivity contribution in [3.63, 3.8) is 0 Å². The number of benzene rings is 2. The van der Waals surface area contributed by atoms with Gasteiger partial charge in [-0.3, -0.25) is 19.1 Å². The molecular formula is C25H22N4O5. The highest BCUT2D eigenvalue weighted by Gasteiger charge is 2.41. The summed E-state index contributed by atoms with van der Waals surface area (Å²) in [5.41, 5.74) is 2.44. The minimum absolute atomic E-state index is 0.0690. The molecule has 5 rings (SSSR count). The van der Waals surface area contributed by atoms with Crippen LogP contribution in [0.5, 0.6) is 0 Å². The van der Waals surface area contributed by atoms with E-state index in [9.17, 15) is 14.4 Å². The molecule has 3 heterocycles. The Bertz CT molecular complexity index is 1360. The van der Waals surface area contributed by atoms with E-state index in [1.807, 2.05) is 28.8 Å². The van der Waals surface area contributed by atoms with Gasteiger partial charge in [0.15, 0.2) is 0 Å². The number of anilines is 2. The molecule has 4 aromatic rings. The number of nitrogens with one attached hydrogen (secondary N) is 1. The van der Waals surface area contributed by atoms with Gasteiger partial charge in [0, 0.05) is 5.69 Å². The van der Waals surface area contributed by atoms with E-state index < -0.39 is 12.0 Å². The molecule has 0 spiro atoms. The molecule has 1 atom stereocenters. The Morgan fingerprint density at radius 2 is 1.88 bits per heavy atom. The molecule has 1 aliphatic heterocycles. The summed E-state index contributed by atoms with van der Waals surface area (Å²) in [4.78, 5) is 44.3. The SMILES string of the molecule is CCOC(=O)c1ccc(NC(=O)C[C@H]2C(=O)N(Cc3ccco3)c3nc4ccccc4n32)cc1. The Morgan fingerprint density at radius 3 is 2.62 bits per heavy atom. The zero-order valence-corrected chi connectivity index (χ0v) is 18.4. The van der Waals surface area contributed by atoms with Gasteiger partial charge in [-0.15, -0.1) is 0 Å². The number of hydrogen-bond donors (Lipinski definition) is 1. The molecule has 0 fully saturated rings. The molecule has 172 valence electrons. The molecule has 34 heavy (non-hydrogen) atoms. The van der Waals surface area contributed by atoms with Crippen LogP contribution < -0.4 is 10.2 Å². The summed E-state index contributed by atoms with van der Waals surface area (Å²) in [7, 11) is 0. The molecule has 0 radical (unpaired) electrons. The van der Waals surface area contributed by atoms with E-state index in [0.717, 1.165) is 11.0 Å². The second kappa shape index (κ2) is 8.86. The van der Waals surface area contributed by atoms with Crippen molar-refractivity contribution in [1.82, 2.24) is 9.55 Å². The minimum Gasteiger partial charge on any atom is -0.467 e. The predicted octanol–water partition coefficient (Wildman–Crippen LogP) is 3.92. The van der Waals surface area contributed by atoms with Crippen LogP contribution in [0.1, 0.15) is 35.5 Å². The number of carbonyl (C=O) groups excluding carboxylic acids is 3. The van der Waals surface area contributed by atoms with Gasteiger partial charge >= 0.3 is 5.97 Å². The third-order valence-corrected chi connectivity index (χ3v) is 5.63. The number of rotatable bonds is 7. The topological polar surface area (TPSA) is 107 Å². The van der Waals surface area contributed by atoms with Crippen LogP contribution in [-0.2, 0) is 20.9 Å². The fourth-order valence-electron chi connectivity index (χ4n) is 4.10. The Morgan fingerprint density at radius 1 is 1.09 bits per heavy atom. The largest absolute Gasteiger partial charge is 0.467 e. The van der Waals surface area contributed by atoms with Crippen molar-refractivity contribution in [2.24, 2.45) is 0 Å². The number of para-hydroxylation sites is 2. The van der Waals surface area contributed by atoms with Crippen molar-refractivity contribution < 1.29 is 23.5 Å². The molecule has 9 nitrogen and oxygen atoms in total. The highest BCUT2D eigenvalue weighted by atomic mass is 16.5. The number of imidazole rings is 1. The van der Waals surface area contributed by atoms with E-state index in [-0.39, 0.29) is 31.4 Å². The van der Waals surface area contributed by atoms with Crippen LogP contribution in [-0.4, -0.2) is 33.9 Å². The molecular weight excluding hydrogens is 436 g/mol. The molecule has 0 saturated carbocycles. The molecule has 9 heteroatoms. The third-order valence-electron chi connectivity index (χ3n) is 5.63. The average molecular weight is 458 g/mol. The molecule has 0 unspecified atom stereocenters. The molecule has 2 aromatic heterocycles. The number of furan rings is 1. The first-order valence-corrected chi connectivity index (χ1v) is 10.9. The summed E-state index contributed by atoms with van der Waals surface area (Å²) in [6.07, 6.45) is 1.48. The van der Waals surface area contributed by atoms with E-state index in [1.54, 1.807) is 54.5 Å². The Hall–Kier alpha value is -4.40. The molecule has 0 bridgehead atoms. The number of aromatic nitrogens is 2. The lowest BCUT2D eigenvalue weighted by molar-refractivity contribution is -0.124. The summed E-state index contributed by atoms with van der Waals surface area (Å²) in [6, 6.07) is 16.7. The second-order valence-corrected chi connectivity index (χ2v) is 7.84. The number of amides is 2. The average Bonchev–Trinajstić information content (AvgIpc) is 3.54. The van der Waals surface area contributed by atoms with Crippen molar-refractivity contribution in [2.45, 2.75) is 25.9 Å². The van der Waals surface area contributed by atoms with Crippen LogP contribution in [0.3, 0.4) is 0 Å². The summed E-state index contributed by atoms with van der Waals surface area (Å²) in [5, 5.41) is 2.80. The first kappa shape index (κ1) is 21.4. The Labute approximate surface area is 194 Å². The smallest absolute Gasteiger partial charge is 0.338 e. The zero-order chi connectivity index (χ0) is 23.7. The molecule has 0 saturated heterocycles. The third kappa shape index (κ3) is 3.92. The van der Waals surface area contributed by atoms with Gasteiger partial charge in [-0.05, 0) is 55.5 Å². The molecule has 1 N–H and O–H groups in total. The second-order valence-electron chi connectivity index (χ2n) is 7.84. The fraction of sp³-hybridized carbons (Fsp3) is 0.200. The van der Waals surface area contributed by atoms with Crippen molar-refractivity contribution in [3.05, 3.63) is 78.3 Å². The summed E-state index contributed by atoms with van der Waals surface area (Å²) in [5.74, 6) is 0.134. The van der Waals surface area contributed by atoms with Crippen LogP contribution in [0, 0.1) is 0 Å². The molecule has 1 aliphatic rings. The van der Waals surface area contributed by atoms with Gasteiger partial charge < -0.3 is 14.5 Å². The molecule has 0 aliphatic carbocycles. The van der Waals surface area contributed by atoms with Gasteiger partial charge in [0.2, 0.25) is 11.9 Å². The first-order chi connectivity index (χ1) is 16.5. The van der Waals surface area contributed by atoms with Crippen LogP contribution in [0.4, 0.5) is 11.6 Å². The van der Waals surface area contributed by atoms with E-state index in [1.165, 1.54) is 0 Å². The highest BCUT2D eigenvalue weighted by Crippen LogP contribution is 2.37. The summed E-state index contributed by atoms with van der Waals surface area (Å²) < 4.78 is 12.2. The van der Waals surface area contributed by atoms with Crippen molar-refractivity contribution >= 4 is 40.5 Å². The van der Waals surface area contributed by atoms with Crippen molar-refractivity contribution in [2.75, 3.05) is 16.8 Å². The van der Waals surface area contributed by atoms with Crippen molar-refractivity contribution in [3.8, 4) is 0 Å². The molecule has 2 aromatic carbocycles. The van der Waals surface area contributed by atoms with E-state index in [4.69, 9.17) is 9.15 Å². The summed E-state index contributed by atoms with van der Waals surface area (Å²) in [6.45, 7) is 2.25. The number of nitrogens with zero attached hydrogens (tertiary/aromatic N) is 3. The highest BCUT2D eigenvalue weighted by molar-refractivity contribution is 6.05. The lowest BCUT2D eigenvalue weighted by atomic mass is 10.1. The lowest BCUT2D eigenvalue weighted by Crippen LogP contribution is -2.31. The minimum atomic E-state index is -0.740. The van der Waals surface area contributed by atoms with Crippen LogP contribution in [0.2, 0.25) is 0 Å².